The Morgan fingerprint density at radius 1 is 1.21 bits per heavy atom. The third-order valence-electron chi connectivity index (χ3n) is 4.89. The SMILES string of the molecule is C[C@H]1NC(=O)[C@H]2CN(Cc3cccc4cccnc34)CCN2C1=O. The number of hydrogen-bond acceptors (Lipinski definition) is 4. The number of para-hydroxylation sites is 1. The van der Waals surface area contributed by atoms with Crippen LogP contribution in [-0.4, -0.2) is 58.3 Å². The third kappa shape index (κ3) is 2.53. The highest BCUT2D eigenvalue weighted by molar-refractivity contribution is 5.97. The summed E-state index contributed by atoms with van der Waals surface area (Å²) in [5.74, 6) is -0.0334. The van der Waals surface area contributed by atoms with Crippen molar-refractivity contribution in [1.29, 1.82) is 0 Å². The number of pyridine rings is 1. The number of hydrogen-bond donors (Lipinski definition) is 1. The first-order valence-corrected chi connectivity index (χ1v) is 8.29. The molecule has 124 valence electrons. The summed E-state index contributed by atoms with van der Waals surface area (Å²) < 4.78 is 0. The van der Waals surface area contributed by atoms with Crippen molar-refractivity contribution in [3.63, 3.8) is 0 Å². The van der Waals surface area contributed by atoms with Crippen LogP contribution in [0.1, 0.15) is 12.5 Å². The van der Waals surface area contributed by atoms with Crippen molar-refractivity contribution in [2.24, 2.45) is 0 Å². The van der Waals surface area contributed by atoms with Gasteiger partial charge in [0.05, 0.1) is 5.52 Å². The number of nitrogens with one attached hydrogen (secondary N) is 1. The zero-order chi connectivity index (χ0) is 16.7. The highest BCUT2D eigenvalue weighted by atomic mass is 16.2. The van der Waals surface area contributed by atoms with Gasteiger partial charge in [0, 0.05) is 37.8 Å². The van der Waals surface area contributed by atoms with Gasteiger partial charge >= 0.3 is 0 Å². The van der Waals surface area contributed by atoms with Crippen molar-refractivity contribution < 1.29 is 9.59 Å². The van der Waals surface area contributed by atoms with Gasteiger partial charge in [0.25, 0.3) is 0 Å². The van der Waals surface area contributed by atoms with Crippen LogP contribution in [-0.2, 0) is 16.1 Å². The van der Waals surface area contributed by atoms with E-state index in [4.69, 9.17) is 0 Å². The molecule has 2 atom stereocenters. The molecule has 0 saturated carbocycles. The van der Waals surface area contributed by atoms with Gasteiger partial charge in [-0.15, -0.1) is 0 Å². The monoisotopic (exact) mass is 324 g/mol. The molecule has 2 aromatic rings. The molecule has 24 heavy (non-hydrogen) atoms. The molecule has 0 bridgehead atoms. The minimum atomic E-state index is -0.414. The maximum Gasteiger partial charge on any atom is 0.245 e. The fraction of sp³-hybridized carbons (Fsp3) is 0.389. The van der Waals surface area contributed by atoms with Crippen molar-refractivity contribution >= 4 is 22.7 Å². The molecule has 0 aliphatic carbocycles. The number of carbonyl (C=O) groups is 2. The van der Waals surface area contributed by atoms with Gasteiger partial charge in [-0.25, -0.2) is 0 Å². The summed E-state index contributed by atoms with van der Waals surface area (Å²) in [6.07, 6.45) is 1.80. The van der Waals surface area contributed by atoms with Gasteiger partial charge in [-0.05, 0) is 18.6 Å². The van der Waals surface area contributed by atoms with Gasteiger partial charge in [-0.1, -0.05) is 24.3 Å². The van der Waals surface area contributed by atoms with Crippen molar-refractivity contribution in [2.45, 2.75) is 25.6 Å². The molecule has 2 saturated heterocycles. The van der Waals surface area contributed by atoms with E-state index in [0.717, 1.165) is 29.6 Å². The molecule has 0 spiro atoms. The molecule has 0 radical (unpaired) electrons. The molecule has 0 unspecified atom stereocenters. The second-order valence-corrected chi connectivity index (χ2v) is 6.51. The summed E-state index contributed by atoms with van der Waals surface area (Å²) in [6.45, 7) is 4.40. The van der Waals surface area contributed by atoms with Gasteiger partial charge in [0.2, 0.25) is 11.8 Å². The molecular formula is C18H20N4O2. The molecule has 2 aliphatic rings. The molecule has 1 aromatic heterocycles. The molecular weight excluding hydrogens is 304 g/mol. The molecule has 2 aliphatic heterocycles. The van der Waals surface area contributed by atoms with Crippen LogP contribution in [0.25, 0.3) is 10.9 Å². The van der Waals surface area contributed by atoms with Gasteiger partial charge < -0.3 is 10.2 Å². The molecule has 1 N–H and O–H groups in total. The largest absolute Gasteiger partial charge is 0.343 e. The van der Waals surface area contributed by atoms with Crippen LogP contribution >= 0.6 is 0 Å². The Kier molecular flexibility index (Phi) is 3.69. The molecule has 6 nitrogen and oxygen atoms in total. The molecule has 4 rings (SSSR count). The highest BCUT2D eigenvalue weighted by Gasteiger charge is 2.41. The number of nitrogens with zero attached hydrogens (tertiary/aromatic N) is 3. The van der Waals surface area contributed by atoms with E-state index in [2.05, 4.69) is 33.4 Å². The lowest BCUT2D eigenvalue weighted by atomic mass is 10.0. The van der Waals surface area contributed by atoms with Crippen LogP contribution in [0.2, 0.25) is 0 Å². The Morgan fingerprint density at radius 3 is 2.92 bits per heavy atom. The summed E-state index contributed by atoms with van der Waals surface area (Å²) >= 11 is 0. The van der Waals surface area contributed by atoms with E-state index in [1.165, 1.54) is 0 Å². The first-order chi connectivity index (χ1) is 11.6. The first kappa shape index (κ1) is 15.1. The highest BCUT2D eigenvalue weighted by Crippen LogP contribution is 2.21. The molecule has 1 aromatic carbocycles. The second-order valence-electron chi connectivity index (χ2n) is 6.51. The van der Waals surface area contributed by atoms with Crippen molar-refractivity contribution in [1.82, 2.24) is 20.1 Å². The van der Waals surface area contributed by atoms with E-state index < -0.39 is 6.04 Å². The van der Waals surface area contributed by atoms with Crippen molar-refractivity contribution in [3.8, 4) is 0 Å². The molecule has 2 fully saturated rings. The van der Waals surface area contributed by atoms with E-state index in [-0.39, 0.29) is 17.9 Å². The van der Waals surface area contributed by atoms with Crippen LogP contribution in [0.3, 0.4) is 0 Å². The van der Waals surface area contributed by atoms with Crippen molar-refractivity contribution in [3.05, 3.63) is 42.1 Å². The molecule has 3 heterocycles. The first-order valence-electron chi connectivity index (χ1n) is 8.29. The number of carbonyl (C=O) groups excluding carboxylic acids is 2. The standard InChI is InChI=1S/C18H20N4O2/c1-12-18(24)22-9-8-21(11-15(22)17(23)20-12)10-14-5-2-4-13-6-3-7-19-16(13)14/h2-7,12,15H,8-11H2,1H3,(H,20,23)/t12-,15-/m1/s1. The summed E-state index contributed by atoms with van der Waals surface area (Å²) in [5.41, 5.74) is 2.15. The maximum absolute atomic E-state index is 12.3. The van der Waals surface area contributed by atoms with Crippen LogP contribution in [0.15, 0.2) is 36.5 Å². The predicted octanol–water partition coefficient (Wildman–Crippen LogP) is 0.766. The normalized spacial score (nSPS) is 24.8. The van der Waals surface area contributed by atoms with E-state index in [1.54, 1.807) is 18.0 Å². The number of aromatic nitrogens is 1. The minimum Gasteiger partial charge on any atom is -0.343 e. The third-order valence-corrected chi connectivity index (χ3v) is 4.89. The fourth-order valence-electron chi connectivity index (χ4n) is 3.63. The Morgan fingerprint density at radius 2 is 2.04 bits per heavy atom. The van der Waals surface area contributed by atoms with E-state index in [1.807, 2.05) is 12.1 Å². The molecule has 6 heteroatoms. The van der Waals surface area contributed by atoms with Crippen LogP contribution < -0.4 is 5.32 Å². The van der Waals surface area contributed by atoms with E-state index in [0.29, 0.717) is 13.1 Å². The number of amides is 2. The zero-order valence-electron chi connectivity index (χ0n) is 13.6. The Balaban J connectivity index is 1.54. The summed E-state index contributed by atoms with van der Waals surface area (Å²) in [7, 11) is 0. The zero-order valence-corrected chi connectivity index (χ0v) is 13.6. The lowest BCUT2D eigenvalue weighted by Crippen LogP contribution is -2.68. The topological polar surface area (TPSA) is 65.5 Å². The molecule has 2 amide bonds. The Hall–Kier alpha value is -2.47. The number of rotatable bonds is 2. The maximum atomic E-state index is 12.3. The average molecular weight is 324 g/mol. The Bertz CT molecular complexity index is 801. The predicted molar refractivity (Wildman–Crippen MR) is 90.1 cm³/mol. The lowest BCUT2D eigenvalue weighted by Gasteiger charge is -2.44. The summed E-state index contributed by atoms with van der Waals surface area (Å²) in [5, 5.41) is 3.89. The van der Waals surface area contributed by atoms with Crippen LogP contribution in [0.5, 0.6) is 0 Å². The quantitative estimate of drug-likeness (QED) is 0.886. The van der Waals surface area contributed by atoms with E-state index in [9.17, 15) is 9.59 Å². The lowest BCUT2D eigenvalue weighted by molar-refractivity contribution is -0.152. The van der Waals surface area contributed by atoms with Gasteiger partial charge in [-0.3, -0.25) is 19.5 Å². The fourth-order valence-corrected chi connectivity index (χ4v) is 3.63. The number of piperazine rings is 2. The van der Waals surface area contributed by atoms with Crippen LogP contribution in [0, 0.1) is 0 Å². The average Bonchev–Trinajstić information content (AvgIpc) is 2.60. The summed E-state index contributed by atoms with van der Waals surface area (Å²) in [4.78, 5) is 32.9. The Labute approximate surface area is 140 Å². The van der Waals surface area contributed by atoms with Gasteiger partial charge in [0.15, 0.2) is 0 Å². The number of benzene rings is 1. The van der Waals surface area contributed by atoms with Gasteiger partial charge in [0.1, 0.15) is 12.1 Å². The number of fused-ring (bicyclic) bond motifs is 2. The minimum absolute atomic E-state index is 0.0195. The van der Waals surface area contributed by atoms with Crippen molar-refractivity contribution in [2.75, 3.05) is 19.6 Å². The van der Waals surface area contributed by atoms with E-state index >= 15 is 0 Å². The van der Waals surface area contributed by atoms with Crippen LogP contribution in [0.4, 0.5) is 0 Å². The smallest absolute Gasteiger partial charge is 0.245 e. The van der Waals surface area contributed by atoms with Gasteiger partial charge in [-0.2, -0.15) is 0 Å². The second kappa shape index (κ2) is 5.87. The summed E-state index contributed by atoms with van der Waals surface area (Å²) in [6, 6.07) is 9.36.